The second kappa shape index (κ2) is 7.24. The fourth-order valence-corrected chi connectivity index (χ4v) is 4.92. The smallest absolute Gasteiger partial charge is 0.103 e. The first-order valence-corrected chi connectivity index (χ1v) is 11.1. The summed E-state index contributed by atoms with van der Waals surface area (Å²) < 4.78 is 1.83. The van der Waals surface area contributed by atoms with E-state index in [0.717, 1.165) is 22.7 Å². The van der Waals surface area contributed by atoms with Crippen LogP contribution in [0.4, 0.5) is 0 Å². The summed E-state index contributed by atoms with van der Waals surface area (Å²) in [4.78, 5) is 2.28. The minimum Gasteiger partial charge on any atom is -0.384 e. The molecular formula is C25H21ClN2OS. The summed E-state index contributed by atoms with van der Waals surface area (Å²) in [7, 11) is 0. The van der Waals surface area contributed by atoms with Crippen molar-refractivity contribution in [2.24, 2.45) is 0 Å². The van der Waals surface area contributed by atoms with Gasteiger partial charge in [-0.25, -0.2) is 4.68 Å². The van der Waals surface area contributed by atoms with Gasteiger partial charge in [0.1, 0.15) is 5.60 Å². The van der Waals surface area contributed by atoms with Gasteiger partial charge in [-0.1, -0.05) is 48.0 Å². The lowest BCUT2D eigenvalue weighted by Gasteiger charge is -2.13. The summed E-state index contributed by atoms with van der Waals surface area (Å²) in [5.74, 6) is 0. The maximum atomic E-state index is 10.6. The molecule has 0 aliphatic heterocycles. The number of benzene rings is 2. The molecule has 5 rings (SSSR count). The Morgan fingerprint density at radius 1 is 1.03 bits per heavy atom. The van der Waals surface area contributed by atoms with Gasteiger partial charge in [-0.2, -0.15) is 5.10 Å². The van der Waals surface area contributed by atoms with Gasteiger partial charge in [0.15, 0.2) is 0 Å². The molecular weight excluding hydrogens is 412 g/mol. The van der Waals surface area contributed by atoms with Crippen LogP contribution in [0.3, 0.4) is 0 Å². The number of thiophene rings is 1. The zero-order valence-electron chi connectivity index (χ0n) is 16.8. The summed E-state index contributed by atoms with van der Waals surface area (Å²) >= 11 is 8.19. The summed E-state index contributed by atoms with van der Waals surface area (Å²) in [6.45, 7) is 3.49. The fourth-order valence-electron chi connectivity index (χ4n) is 3.70. The van der Waals surface area contributed by atoms with Crippen molar-refractivity contribution >= 4 is 29.0 Å². The van der Waals surface area contributed by atoms with Crippen molar-refractivity contribution in [1.29, 1.82) is 0 Å². The van der Waals surface area contributed by atoms with Gasteiger partial charge in [-0.15, -0.1) is 11.3 Å². The van der Waals surface area contributed by atoms with Crippen LogP contribution in [0.1, 0.15) is 30.7 Å². The van der Waals surface area contributed by atoms with Gasteiger partial charge in [0, 0.05) is 4.88 Å². The van der Waals surface area contributed by atoms with Crippen molar-refractivity contribution < 1.29 is 5.11 Å². The van der Waals surface area contributed by atoms with E-state index >= 15 is 0 Å². The molecule has 1 aliphatic carbocycles. The molecule has 1 N–H and O–H groups in total. The predicted molar refractivity (Wildman–Crippen MR) is 125 cm³/mol. The highest BCUT2D eigenvalue weighted by Gasteiger charge is 2.24. The quantitative estimate of drug-likeness (QED) is 0.388. The molecule has 5 heteroatoms. The first-order valence-electron chi connectivity index (χ1n) is 9.88. The predicted octanol–water partition coefficient (Wildman–Crippen LogP) is 6.72. The van der Waals surface area contributed by atoms with E-state index in [4.69, 9.17) is 16.7 Å². The van der Waals surface area contributed by atoms with Crippen LogP contribution in [-0.2, 0) is 12.0 Å². The van der Waals surface area contributed by atoms with Crippen LogP contribution in [-0.4, -0.2) is 14.9 Å². The van der Waals surface area contributed by atoms with Crippen molar-refractivity contribution in [3.63, 3.8) is 0 Å². The van der Waals surface area contributed by atoms with Gasteiger partial charge < -0.3 is 5.11 Å². The van der Waals surface area contributed by atoms with E-state index in [-0.39, 0.29) is 0 Å². The zero-order valence-corrected chi connectivity index (χ0v) is 18.3. The third-order valence-corrected chi connectivity index (χ3v) is 6.81. The van der Waals surface area contributed by atoms with E-state index in [0.29, 0.717) is 10.7 Å². The van der Waals surface area contributed by atoms with Gasteiger partial charge in [-0.05, 0) is 73.4 Å². The normalized spacial score (nSPS) is 13.1. The van der Waals surface area contributed by atoms with E-state index in [2.05, 4.69) is 42.5 Å². The molecule has 2 aromatic carbocycles. The Labute approximate surface area is 184 Å². The van der Waals surface area contributed by atoms with Crippen LogP contribution in [0, 0.1) is 0 Å². The number of nitrogens with zero attached hydrogens (tertiary/aromatic N) is 2. The minimum atomic E-state index is -1.05. The lowest BCUT2D eigenvalue weighted by atomic mass is 10.0. The summed E-state index contributed by atoms with van der Waals surface area (Å²) in [5.41, 5.74) is 5.17. The average molecular weight is 433 g/mol. The van der Waals surface area contributed by atoms with E-state index in [1.54, 1.807) is 25.2 Å². The molecule has 0 spiro atoms. The third-order valence-electron chi connectivity index (χ3n) is 5.34. The number of allylic oxidation sites excluding steroid dienone is 1. The number of aromatic nitrogens is 2. The molecule has 0 saturated heterocycles. The number of rotatable bonds is 4. The molecule has 1 aliphatic rings. The van der Waals surface area contributed by atoms with Crippen molar-refractivity contribution in [2.45, 2.75) is 25.9 Å². The zero-order chi connectivity index (χ0) is 20.9. The van der Waals surface area contributed by atoms with Crippen LogP contribution in [0.2, 0.25) is 5.02 Å². The number of para-hydroxylation sites is 1. The number of halogens is 1. The van der Waals surface area contributed by atoms with Gasteiger partial charge in [0.05, 0.1) is 27.0 Å². The highest BCUT2D eigenvalue weighted by Crippen LogP contribution is 2.38. The first-order chi connectivity index (χ1) is 14.4. The molecule has 2 heterocycles. The summed E-state index contributed by atoms with van der Waals surface area (Å²) in [6, 6.07) is 20.5. The van der Waals surface area contributed by atoms with Crippen LogP contribution < -0.4 is 0 Å². The monoisotopic (exact) mass is 432 g/mol. The van der Waals surface area contributed by atoms with Gasteiger partial charge in [-0.3, -0.25) is 0 Å². The number of hydrogen-bond acceptors (Lipinski definition) is 3. The molecule has 30 heavy (non-hydrogen) atoms. The largest absolute Gasteiger partial charge is 0.384 e. The van der Waals surface area contributed by atoms with E-state index < -0.39 is 5.60 Å². The van der Waals surface area contributed by atoms with Crippen LogP contribution in [0.5, 0.6) is 0 Å². The minimum absolute atomic E-state index is 0.607. The SMILES string of the molecule is CC(C)(O)c1cc(-c2ccc(-c3ccc4c(c3)CC=C4)s2)n(-c2ccccc2Cl)n1. The highest BCUT2D eigenvalue weighted by atomic mass is 35.5. The molecule has 0 amide bonds. The summed E-state index contributed by atoms with van der Waals surface area (Å²) in [5, 5.41) is 15.9. The number of aliphatic hydroxyl groups is 1. The molecule has 0 bridgehead atoms. The Morgan fingerprint density at radius 2 is 1.83 bits per heavy atom. The van der Waals surface area contributed by atoms with Crippen molar-refractivity contribution in [3.8, 4) is 26.7 Å². The second-order valence-electron chi connectivity index (χ2n) is 8.02. The Hall–Kier alpha value is -2.66. The van der Waals surface area contributed by atoms with Crippen LogP contribution in [0.25, 0.3) is 32.8 Å². The lowest BCUT2D eigenvalue weighted by molar-refractivity contribution is 0.0734. The fraction of sp³-hybridized carbons (Fsp3) is 0.160. The number of fused-ring (bicyclic) bond motifs is 1. The van der Waals surface area contributed by atoms with E-state index in [1.165, 1.54) is 21.6 Å². The standard InChI is InChI=1S/C25H21ClN2OS/c1-25(2,29)24-15-21(28(27-24)20-9-4-3-8-19(20)26)23-13-12-22(30-23)18-11-10-16-6-5-7-17(16)14-18/h3-6,8-15,29H,7H2,1-2H3. The lowest BCUT2D eigenvalue weighted by Crippen LogP contribution is -2.16. The Bertz CT molecular complexity index is 1280. The van der Waals surface area contributed by atoms with Gasteiger partial charge in [0.2, 0.25) is 0 Å². The van der Waals surface area contributed by atoms with Crippen molar-refractivity contribution in [2.75, 3.05) is 0 Å². The van der Waals surface area contributed by atoms with Crippen molar-refractivity contribution in [1.82, 2.24) is 9.78 Å². The van der Waals surface area contributed by atoms with E-state index in [9.17, 15) is 5.11 Å². The molecule has 0 saturated carbocycles. The maximum absolute atomic E-state index is 10.6. The molecule has 0 unspecified atom stereocenters. The second-order valence-corrected chi connectivity index (χ2v) is 9.51. The topological polar surface area (TPSA) is 38.0 Å². The molecule has 0 fully saturated rings. The Morgan fingerprint density at radius 3 is 2.63 bits per heavy atom. The molecule has 4 aromatic rings. The molecule has 2 aromatic heterocycles. The van der Waals surface area contributed by atoms with Crippen molar-refractivity contribution in [3.05, 3.63) is 88.6 Å². The van der Waals surface area contributed by atoms with Crippen LogP contribution >= 0.6 is 22.9 Å². The average Bonchev–Trinajstić information content (AvgIpc) is 3.45. The molecule has 0 atom stereocenters. The van der Waals surface area contributed by atoms with Gasteiger partial charge in [0.25, 0.3) is 0 Å². The van der Waals surface area contributed by atoms with Crippen LogP contribution in [0.15, 0.2) is 66.7 Å². The highest BCUT2D eigenvalue weighted by molar-refractivity contribution is 7.18. The Kier molecular flexibility index (Phi) is 4.66. The first kappa shape index (κ1) is 19.3. The molecule has 150 valence electrons. The number of hydrogen-bond donors (Lipinski definition) is 1. The molecule has 3 nitrogen and oxygen atoms in total. The Balaban J connectivity index is 1.61. The summed E-state index contributed by atoms with van der Waals surface area (Å²) in [6.07, 6.45) is 5.38. The van der Waals surface area contributed by atoms with E-state index in [1.807, 2.05) is 35.0 Å². The van der Waals surface area contributed by atoms with Gasteiger partial charge >= 0.3 is 0 Å². The maximum Gasteiger partial charge on any atom is 0.103 e. The third kappa shape index (κ3) is 3.41. The molecule has 0 radical (unpaired) electrons.